The van der Waals surface area contributed by atoms with E-state index in [0.717, 1.165) is 6.07 Å². The first-order valence-corrected chi connectivity index (χ1v) is 6.28. The van der Waals surface area contributed by atoms with Gasteiger partial charge in [0.1, 0.15) is 18.6 Å². The van der Waals surface area contributed by atoms with Gasteiger partial charge in [-0.15, -0.1) is 0 Å². The zero-order chi connectivity index (χ0) is 16.1. The van der Waals surface area contributed by atoms with Crippen LogP contribution < -0.4 is 4.74 Å². The molecule has 0 aliphatic heterocycles. The average Bonchev–Trinajstić information content (AvgIpc) is 2.53. The summed E-state index contributed by atoms with van der Waals surface area (Å²) in [4.78, 5) is 32.6. The topological polar surface area (TPSA) is 101 Å². The Morgan fingerprint density at radius 3 is 1.95 bits per heavy atom. The molecular formula is C16H12O6. The predicted octanol–water partition coefficient (Wildman–Crippen LogP) is 2.47. The Morgan fingerprint density at radius 1 is 0.955 bits per heavy atom. The molecule has 2 aromatic carbocycles. The highest BCUT2D eigenvalue weighted by Crippen LogP contribution is 2.16. The number of carbonyl (C=O) groups is 3. The lowest BCUT2D eigenvalue weighted by atomic mass is 10.1. The predicted molar refractivity (Wildman–Crippen MR) is 76.5 cm³/mol. The van der Waals surface area contributed by atoms with Crippen LogP contribution in [0.5, 0.6) is 5.75 Å². The highest BCUT2D eigenvalue weighted by Gasteiger charge is 2.11. The number of aromatic carboxylic acids is 2. The van der Waals surface area contributed by atoms with Gasteiger partial charge in [0.25, 0.3) is 0 Å². The summed E-state index contributed by atoms with van der Waals surface area (Å²) >= 11 is 0. The van der Waals surface area contributed by atoms with Gasteiger partial charge in [0.05, 0.1) is 11.1 Å². The number of hydrogen-bond donors (Lipinski definition) is 2. The van der Waals surface area contributed by atoms with Crippen LogP contribution in [-0.4, -0.2) is 28.4 Å². The smallest absolute Gasteiger partial charge is 0.335 e. The van der Waals surface area contributed by atoms with Gasteiger partial charge >= 0.3 is 11.9 Å². The van der Waals surface area contributed by atoms with Gasteiger partial charge in [-0.3, -0.25) is 4.79 Å². The van der Waals surface area contributed by atoms with E-state index in [4.69, 9.17) is 14.9 Å². The first-order chi connectivity index (χ1) is 10.5. The van der Waals surface area contributed by atoms with Gasteiger partial charge in [-0.2, -0.15) is 0 Å². The van der Waals surface area contributed by atoms with Gasteiger partial charge in [-0.05, 0) is 48.0 Å². The Bertz CT molecular complexity index is 686. The normalized spacial score (nSPS) is 10.0. The summed E-state index contributed by atoms with van der Waals surface area (Å²) in [6, 6.07) is 10.2. The number of aldehydes is 1. The van der Waals surface area contributed by atoms with Crippen molar-refractivity contribution in [1.82, 2.24) is 0 Å². The molecule has 0 aliphatic carbocycles. The molecule has 0 saturated carbocycles. The van der Waals surface area contributed by atoms with Crippen LogP contribution in [0.4, 0.5) is 0 Å². The SMILES string of the molecule is O=Cc1ccc(OCc2cc(C(=O)O)cc(C(=O)O)c2)cc1. The van der Waals surface area contributed by atoms with Crippen molar-refractivity contribution in [2.75, 3.05) is 0 Å². The van der Waals surface area contributed by atoms with Crippen LogP contribution in [0.2, 0.25) is 0 Å². The van der Waals surface area contributed by atoms with E-state index in [0.29, 0.717) is 23.2 Å². The minimum atomic E-state index is -1.21. The third-order valence-corrected chi connectivity index (χ3v) is 2.91. The van der Waals surface area contributed by atoms with Crippen LogP contribution in [0.3, 0.4) is 0 Å². The summed E-state index contributed by atoms with van der Waals surface area (Å²) in [6.45, 7) is 0.0157. The van der Waals surface area contributed by atoms with Gasteiger partial charge in [0, 0.05) is 5.56 Å². The Morgan fingerprint density at radius 2 is 1.50 bits per heavy atom. The van der Waals surface area contributed by atoms with E-state index in [9.17, 15) is 14.4 Å². The number of ether oxygens (including phenoxy) is 1. The number of carbonyl (C=O) groups excluding carboxylic acids is 1. The van der Waals surface area contributed by atoms with Crippen molar-refractivity contribution in [3.8, 4) is 5.75 Å². The largest absolute Gasteiger partial charge is 0.489 e. The Kier molecular flexibility index (Phi) is 4.53. The van der Waals surface area contributed by atoms with Gasteiger partial charge in [-0.25, -0.2) is 9.59 Å². The molecular weight excluding hydrogens is 288 g/mol. The molecule has 0 heterocycles. The molecule has 0 aliphatic rings. The van der Waals surface area contributed by atoms with Crippen LogP contribution in [0, 0.1) is 0 Å². The highest BCUT2D eigenvalue weighted by molar-refractivity contribution is 5.94. The average molecular weight is 300 g/mol. The molecule has 2 aromatic rings. The lowest BCUT2D eigenvalue weighted by molar-refractivity contribution is 0.0696. The lowest BCUT2D eigenvalue weighted by Gasteiger charge is -2.08. The molecule has 2 N–H and O–H groups in total. The van der Waals surface area contributed by atoms with Crippen molar-refractivity contribution in [3.05, 3.63) is 64.7 Å². The summed E-state index contributed by atoms with van der Waals surface area (Å²) in [7, 11) is 0. The zero-order valence-corrected chi connectivity index (χ0v) is 11.4. The molecule has 2 rings (SSSR count). The molecule has 0 saturated heterocycles. The van der Waals surface area contributed by atoms with Crippen LogP contribution in [0.25, 0.3) is 0 Å². The van der Waals surface area contributed by atoms with Crippen molar-refractivity contribution in [2.24, 2.45) is 0 Å². The van der Waals surface area contributed by atoms with Crippen LogP contribution >= 0.6 is 0 Å². The Labute approximate surface area is 125 Å². The zero-order valence-electron chi connectivity index (χ0n) is 11.4. The van der Waals surface area contributed by atoms with Gasteiger partial charge in [-0.1, -0.05) is 0 Å². The second-order valence-corrected chi connectivity index (χ2v) is 4.50. The van der Waals surface area contributed by atoms with Crippen LogP contribution in [0.1, 0.15) is 36.6 Å². The number of hydrogen-bond acceptors (Lipinski definition) is 4. The monoisotopic (exact) mass is 300 g/mol. The molecule has 0 spiro atoms. The van der Waals surface area contributed by atoms with E-state index in [1.54, 1.807) is 24.3 Å². The van der Waals surface area contributed by atoms with E-state index in [-0.39, 0.29) is 17.7 Å². The van der Waals surface area contributed by atoms with Crippen molar-refractivity contribution < 1.29 is 29.3 Å². The van der Waals surface area contributed by atoms with Crippen molar-refractivity contribution in [2.45, 2.75) is 6.61 Å². The fraction of sp³-hybridized carbons (Fsp3) is 0.0625. The molecule has 0 amide bonds. The molecule has 6 heteroatoms. The van der Waals surface area contributed by atoms with E-state index >= 15 is 0 Å². The van der Waals surface area contributed by atoms with Gasteiger partial charge < -0.3 is 14.9 Å². The molecule has 6 nitrogen and oxygen atoms in total. The quantitative estimate of drug-likeness (QED) is 0.795. The van der Waals surface area contributed by atoms with Gasteiger partial charge in [0.15, 0.2) is 0 Å². The molecule has 0 atom stereocenters. The van der Waals surface area contributed by atoms with Crippen LogP contribution in [-0.2, 0) is 6.61 Å². The first-order valence-electron chi connectivity index (χ1n) is 6.28. The maximum atomic E-state index is 11.0. The Hall–Kier alpha value is -3.15. The van der Waals surface area contributed by atoms with E-state index in [1.165, 1.54) is 12.1 Å². The Balaban J connectivity index is 2.18. The first kappa shape index (κ1) is 15.2. The molecule has 0 aromatic heterocycles. The summed E-state index contributed by atoms with van der Waals surface area (Å²) in [5.74, 6) is -1.93. The second-order valence-electron chi connectivity index (χ2n) is 4.50. The van der Waals surface area contributed by atoms with Crippen molar-refractivity contribution in [1.29, 1.82) is 0 Å². The van der Waals surface area contributed by atoms with E-state index < -0.39 is 11.9 Å². The van der Waals surface area contributed by atoms with E-state index in [1.807, 2.05) is 0 Å². The van der Waals surface area contributed by atoms with Crippen LogP contribution in [0.15, 0.2) is 42.5 Å². The molecule has 0 bridgehead atoms. The summed E-state index contributed by atoms with van der Waals surface area (Å²) < 4.78 is 5.46. The fourth-order valence-corrected chi connectivity index (χ4v) is 1.83. The molecule has 0 unspecified atom stereocenters. The fourth-order valence-electron chi connectivity index (χ4n) is 1.83. The third kappa shape index (κ3) is 3.69. The molecule has 112 valence electrons. The summed E-state index contributed by atoms with van der Waals surface area (Å²) in [6.07, 6.45) is 0.708. The highest BCUT2D eigenvalue weighted by atomic mass is 16.5. The summed E-state index contributed by atoms with van der Waals surface area (Å²) in [5.41, 5.74) is 0.703. The number of carboxylic acid groups (broad SMARTS) is 2. The molecule has 0 radical (unpaired) electrons. The van der Waals surface area contributed by atoms with Gasteiger partial charge in [0.2, 0.25) is 0 Å². The number of benzene rings is 2. The molecule has 0 fully saturated rings. The van der Waals surface area contributed by atoms with E-state index in [2.05, 4.69) is 0 Å². The minimum absolute atomic E-state index is 0.0157. The van der Waals surface area contributed by atoms with Crippen molar-refractivity contribution in [3.63, 3.8) is 0 Å². The maximum Gasteiger partial charge on any atom is 0.335 e. The standard InChI is InChI=1S/C16H12O6/c17-8-10-1-3-14(4-2-10)22-9-11-5-12(15(18)19)7-13(6-11)16(20)21/h1-8H,9H2,(H,18,19)(H,20,21). The number of carboxylic acids is 2. The minimum Gasteiger partial charge on any atom is -0.489 e. The third-order valence-electron chi connectivity index (χ3n) is 2.91. The second kappa shape index (κ2) is 6.53. The lowest BCUT2D eigenvalue weighted by Crippen LogP contribution is -2.06. The maximum absolute atomic E-state index is 11.0. The van der Waals surface area contributed by atoms with Crippen molar-refractivity contribution >= 4 is 18.2 Å². The summed E-state index contributed by atoms with van der Waals surface area (Å²) in [5, 5.41) is 18.0. The number of rotatable bonds is 6. The molecule has 22 heavy (non-hydrogen) atoms.